The van der Waals surface area contributed by atoms with E-state index in [1.807, 2.05) is 0 Å². The van der Waals surface area contributed by atoms with Gasteiger partial charge in [0.15, 0.2) is 0 Å². The second-order valence-electron chi connectivity index (χ2n) is 4.21. The summed E-state index contributed by atoms with van der Waals surface area (Å²) in [4.78, 5) is 17.8. The lowest BCUT2D eigenvalue weighted by Gasteiger charge is -2.09. The lowest BCUT2D eigenvalue weighted by atomic mass is 10.2. The van der Waals surface area contributed by atoms with Gasteiger partial charge in [-0.2, -0.15) is 4.98 Å². The van der Waals surface area contributed by atoms with Crippen molar-refractivity contribution in [2.24, 2.45) is 0 Å². The lowest BCUT2D eigenvalue weighted by molar-refractivity contribution is -0.385. The van der Waals surface area contributed by atoms with Gasteiger partial charge in [0.05, 0.1) is 4.92 Å². The van der Waals surface area contributed by atoms with E-state index in [0.29, 0.717) is 0 Å². The Morgan fingerprint density at radius 1 is 1.38 bits per heavy atom. The Balaban J connectivity index is 2.29. The van der Waals surface area contributed by atoms with Crippen molar-refractivity contribution < 1.29 is 13.7 Å². The summed E-state index contributed by atoms with van der Waals surface area (Å²) in [6.07, 6.45) is 0. The van der Waals surface area contributed by atoms with Crippen LogP contribution in [0.1, 0.15) is 11.3 Å². The molecule has 0 aliphatic carbocycles. The van der Waals surface area contributed by atoms with Crippen molar-refractivity contribution in [2.45, 2.75) is 13.5 Å². The highest BCUT2D eigenvalue weighted by atomic mass is 19.1. The molecule has 2 rings (SSSR count). The maximum atomic E-state index is 13.5. The quantitative estimate of drug-likeness (QED) is 0.661. The third-order valence-corrected chi connectivity index (χ3v) is 2.72. The maximum absolute atomic E-state index is 13.5. The van der Waals surface area contributed by atoms with Gasteiger partial charge in [-0.15, -0.1) is 0 Å². The van der Waals surface area contributed by atoms with E-state index in [2.05, 4.69) is 15.3 Å². The molecule has 1 aromatic carbocycles. The van der Waals surface area contributed by atoms with Crippen molar-refractivity contribution >= 4 is 17.5 Å². The highest BCUT2D eigenvalue weighted by Gasteiger charge is 2.21. The Labute approximate surface area is 118 Å². The number of rotatable bonds is 4. The van der Waals surface area contributed by atoms with Crippen molar-refractivity contribution in [1.82, 2.24) is 9.97 Å². The van der Waals surface area contributed by atoms with Gasteiger partial charge in [0.25, 0.3) is 0 Å². The first-order valence-corrected chi connectivity index (χ1v) is 5.84. The summed E-state index contributed by atoms with van der Waals surface area (Å²) in [7, 11) is 0. The number of nitrogens with two attached hydrogens (primary N) is 1. The Morgan fingerprint density at radius 2 is 2.10 bits per heavy atom. The Morgan fingerprint density at radius 3 is 2.71 bits per heavy atom. The summed E-state index contributed by atoms with van der Waals surface area (Å²) in [6, 6.07) is 3.06. The average molecular weight is 295 g/mol. The number of nitrogen functional groups attached to an aromatic ring is 1. The number of benzene rings is 1. The molecule has 0 bridgehead atoms. The van der Waals surface area contributed by atoms with Gasteiger partial charge in [-0.1, -0.05) is 6.07 Å². The topological polar surface area (TPSA) is 107 Å². The first-order valence-electron chi connectivity index (χ1n) is 5.84. The number of hydrogen-bond donors (Lipinski definition) is 2. The third-order valence-electron chi connectivity index (χ3n) is 2.72. The molecule has 0 saturated carbocycles. The molecule has 1 heterocycles. The Kier molecular flexibility index (Phi) is 3.92. The summed E-state index contributed by atoms with van der Waals surface area (Å²) in [5.41, 5.74) is 5.33. The average Bonchev–Trinajstić information content (AvgIpc) is 2.36. The first-order chi connectivity index (χ1) is 9.88. The summed E-state index contributed by atoms with van der Waals surface area (Å²) < 4.78 is 26.3. The molecule has 0 spiro atoms. The van der Waals surface area contributed by atoms with Gasteiger partial charge in [-0.05, 0) is 13.0 Å². The van der Waals surface area contributed by atoms with Gasteiger partial charge in [0.1, 0.15) is 17.3 Å². The number of hydrogen-bond acceptors (Lipinski definition) is 6. The lowest BCUT2D eigenvalue weighted by Crippen LogP contribution is -2.10. The molecule has 110 valence electrons. The van der Waals surface area contributed by atoms with Crippen molar-refractivity contribution in [3.05, 3.63) is 51.2 Å². The summed E-state index contributed by atoms with van der Waals surface area (Å²) in [6.45, 7) is 1.31. The predicted molar refractivity (Wildman–Crippen MR) is 71.5 cm³/mol. The molecule has 0 fully saturated rings. The fourth-order valence-corrected chi connectivity index (χ4v) is 1.77. The highest BCUT2D eigenvalue weighted by molar-refractivity contribution is 5.60. The minimum atomic E-state index is -0.760. The number of nitro groups is 1. The van der Waals surface area contributed by atoms with Crippen LogP contribution in [0, 0.1) is 28.7 Å². The van der Waals surface area contributed by atoms with E-state index >= 15 is 0 Å². The van der Waals surface area contributed by atoms with E-state index in [0.717, 1.165) is 12.1 Å². The zero-order chi connectivity index (χ0) is 15.6. The van der Waals surface area contributed by atoms with E-state index in [-0.39, 0.29) is 35.3 Å². The fourth-order valence-electron chi connectivity index (χ4n) is 1.77. The molecule has 0 saturated heterocycles. The largest absolute Gasteiger partial charge is 0.368 e. The molecule has 21 heavy (non-hydrogen) atoms. The molecule has 0 aliphatic rings. The van der Waals surface area contributed by atoms with Crippen molar-refractivity contribution in [3.8, 4) is 0 Å². The number of anilines is 2. The zero-order valence-electron chi connectivity index (χ0n) is 10.9. The van der Waals surface area contributed by atoms with Crippen LogP contribution in [0.5, 0.6) is 0 Å². The summed E-state index contributed by atoms with van der Waals surface area (Å²) in [5, 5.41) is 13.6. The molecular weight excluding hydrogens is 284 g/mol. The van der Waals surface area contributed by atoms with E-state index in [9.17, 15) is 18.9 Å². The molecule has 7 nitrogen and oxygen atoms in total. The first kappa shape index (κ1) is 14.6. The zero-order valence-corrected chi connectivity index (χ0v) is 10.9. The van der Waals surface area contributed by atoms with Crippen LogP contribution in [0.3, 0.4) is 0 Å². The van der Waals surface area contributed by atoms with Gasteiger partial charge in [0, 0.05) is 18.2 Å². The minimum Gasteiger partial charge on any atom is -0.368 e. The van der Waals surface area contributed by atoms with Gasteiger partial charge >= 0.3 is 5.69 Å². The van der Waals surface area contributed by atoms with Crippen LogP contribution < -0.4 is 11.1 Å². The smallest absolute Gasteiger partial charge is 0.332 e. The van der Waals surface area contributed by atoms with Gasteiger partial charge in [-0.25, -0.2) is 13.8 Å². The molecule has 9 heteroatoms. The Bertz CT molecular complexity index is 708. The van der Waals surface area contributed by atoms with Gasteiger partial charge < -0.3 is 11.1 Å². The second-order valence-corrected chi connectivity index (χ2v) is 4.21. The van der Waals surface area contributed by atoms with Crippen molar-refractivity contribution in [3.63, 3.8) is 0 Å². The summed E-state index contributed by atoms with van der Waals surface area (Å²) >= 11 is 0. The molecule has 0 atom stereocenters. The minimum absolute atomic E-state index is 0.0922. The monoisotopic (exact) mass is 295 g/mol. The molecule has 1 aromatic heterocycles. The molecule has 0 amide bonds. The summed E-state index contributed by atoms with van der Waals surface area (Å²) in [5.74, 6) is -1.72. The van der Waals surface area contributed by atoms with Crippen LogP contribution in [-0.4, -0.2) is 14.9 Å². The maximum Gasteiger partial charge on any atom is 0.332 e. The number of aryl methyl sites for hydroxylation is 1. The molecule has 3 N–H and O–H groups in total. The molecule has 0 radical (unpaired) electrons. The number of halogens is 2. The van der Waals surface area contributed by atoms with Gasteiger partial charge in [-0.3, -0.25) is 10.1 Å². The normalized spacial score (nSPS) is 10.4. The molecule has 0 unspecified atom stereocenters. The van der Waals surface area contributed by atoms with Crippen LogP contribution in [-0.2, 0) is 6.54 Å². The van der Waals surface area contributed by atoms with Crippen LogP contribution in [0.25, 0.3) is 0 Å². The number of aromatic nitrogens is 2. The Hall–Kier alpha value is -2.84. The van der Waals surface area contributed by atoms with Crippen LogP contribution in [0.4, 0.5) is 26.2 Å². The standard InChI is InChI=1S/C12H11F2N5O2/c1-6-10(19(20)21)11(18-12(15)17-6)16-5-7-2-3-8(13)4-9(7)14/h2-4H,5H2,1H3,(H3,15,16,17,18). The number of nitrogens with one attached hydrogen (secondary N) is 1. The van der Waals surface area contributed by atoms with Gasteiger partial charge in [0.2, 0.25) is 11.8 Å². The number of nitrogens with zero attached hydrogens (tertiary/aromatic N) is 3. The van der Waals surface area contributed by atoms with Crippen molar-refractivity contribution in [2.75, 3.05) is 11.1 Å². The van der Waals surface area contributed by atoms with Crippen LogP contribution in [0.15, 0.2) is 18.2 Å². The van der Waals surface area contributed by atoms with Crippen molar-refractivity contribution in [1.29, 1.82) is 0 Å². The van der Waals surface area contributed by atoms with E-state index in [1.54, 1.807) is 0 Å². The second kappa shape index (κ2) is 5.65. The van der Waals surface area contributed by atoms with E-state index in [1.165, 1.54) is 13.0 Å². The van der Waals surface area contributed by atoms with Crippen LogP contribution in [0.2, 0.25) is 0 Å². The van der Waals surface area contributed by atoms with E-state index < -0.39 is 16.6 Å². The SMILES string of the molecule is Cc1nc(N)nc(NCc2ccc(F)cc2F)c1[N+](=O)[O-]. The fraction of sp³-hybridized carbons (Fsp3) is 0.167. The van der Waals surface area contributed by atoms with E-state index in [4.69, 9.17) is 5.73 Å². The van der Waals surface area contributed by atoms with Crippen LogP contribution >= 0.6 is 0 Å². The third kappa shape index (κ3) is 3.19. The highest BCUT2D eigenvalue weighted by Crippen LogP contribution is 2.26. The molecule has 2 aromatic rings. The predicted octanol–water partition coefficient (Wildman–Crippen LogP) is 2.17. The molecular formula is C12H11F2N5O2. The molecule has 0 aliphatic heterocycles.